The highest BCUT2D eigenvalue weighted by Gasteiger charge is 2.20. The molecule has 0 bridgehead atoms. The van der Waals surface area contributed by atoms with Gasteiger partial charge in [0.05, 0.1) is 23.0 Å². The summed E-state index contributed by atoms with van der Waals surface area (Å²) in [6.45, 7) is 2.15. The minimum Gasteiger partial charge on any atom is -0.370 e. The summed E-state index contributed by atoms with van der Waals surface area (Å²) in [5.41, 5.74) is 2.07. The van der Waals surface area contributed by atoms with Crippen molar-refractivity contribution < 1.29 is 22.3 Å². The van der Waals surface area contributed by atoms with Gasteiger partial charge in [-0.1, -0.05) is 0 Å². The molecule has 9 heteroatoms. The average molecular weight is 460 g/mol. The fourth-order valence-electron chi connectivity index (χ4n) is 3.97. The number of halogens is 2. The molecular formula is C23H23F2N3O3S. The number of ketones is 1. The van der Waals surface area contributed by atoms with Gasteiger partial charge in [-0.2, -0.15) is 0 Å². The summed E-state index contributed by atoms with van der Waals surface area (Å²) >= 11 is -2.13. The van der Waals surface area contributed by atoms with Crippen LogP contribution in [0.1, 0.15) is 40.7 Å². The molecule has 0 saturated carbocycles. The van der Waals surface area contributed by atoms with Crippen molar-refractivity contribution in [3.05, 3.63) is 70.9 Å². The van der Waals surface area contributed by atoms with Crippen molar-refractivity contribution in [3.63, 3.8) is 0 Å². The maximum Gasteiger partial charge on any atom is 0.231 e. The zero-order chi connectivity index (χ0) is 22.7. The van der Waals surface area contributed by atoms with Crippen molar-refractivity contribution >= 4 is 33.6 Å². The molecule has 1 aliphatic heterocycles. The average Bonchev–Trinajstić information content (AvgIpc) is 3.32. The Labute approximate surface area is 187 Å². The van der Waals surface area contributed by atoms with Crippen LogP contribution in [0.25, 0.3) is 10.9 Å². The number of nitrogens with one attached hydrogen (secondary N) is 1. The van der Waals surface area contributed by atoms with E-state index >= 15 is 0 Å². The van der Waals surface area contributed by atoms with Crippen molar-refractivity contribution in [1.82, 2.24) is 9.71 Å². The van der Waals surface area contributed by atoms with Gasteiger partial charge in [-0.05, 0) is 67.6 Å². The Morgan fingerprint density at radius 2 is 1.94 bits per heavy atom. The van der Waals surface area contributed by atoms with Gasteiger partial charge in [0, 0.05) is 30.6 Å². The Morgan fingerprint density at radius 1 is 1.16 bits per heavy atom. The summed E-state index contributed by atoms with van der Waals surface area (Å²) in [5.74, 6) is -2.88. The lowest BCUT2D eigenvalue weighted by atomic mass is 9.97. The van der Waals surface area contributed by atoms with Crippen LogP contribution in [0.3, 0.4) is 0 Å². The Morgan fingerprint density at radius 3 is 2.69 bits per heavy atom. The summed E-state index contributed by atoms with van der Waals surface area (Å²) in [6.07, 6.45) is 4.82. The summed E-state index contributed by atoms with van der Waals surface area (Å²) < 4.78 is 50.4. The second kappa shape index (κ2) is 9.81. The molecule has 0 radical (unpaired) electrons. The highest BCUT2D eigenvalue weighted by atomic mass is 32.2. The van der Waals surface area contributed by atoms with Gasteiger partial charge in [0.25, 0.3) is 0 Å². The van der Waals surface area contributed by atoms with Gasteiger partial charge in [-0.3, -0.25) is 14.3 Å². The minimum absolute atomic E-state index is 0.225. The topological polar surface area (TPSA) is 82.5 Å². The van der Waals surface area contributed by atoms with Crippen LogP contribution in [0, 0.1) is 11.6 Å². The van der Waals surface area contributed by atoms with Gasteiger partial charge in [-0.25, -0.2) is 17.7 Å². The first kappa shape index (κ1) is 22.4. The van der Waals surface area contributed by atoms with Gasteiger partial charge in [0.2, 0.25) is 11.3 Å². The fraction of sp³-hybridized carbons (Fsp3) is 0.304. The van der Waals surface area contributed by atoms with Gasteiger partial charge < -0.3 is 4.90 Å². The third kappa shape index (κ3) is 5.01. The molecule has 0 amide bonds. The predicted molar refractivity (Wildman–Crippen MR) is 120 cm³/mol. The zero-order valence-corrected chi connectivity index (χ0v) is 18.1. The molecule has 0 aliphatic carbocycles. The number of rotatable bonds is 8. The van der Waals surface area contributed by atoms with Crippen LogP contribution in [0.4, 0.5) is 14.5 Å². The number of anilines is 1. The molecule has 6 nitrogen and oxygen atoms in total. The second-order valence-electron chi connectivity index (χ2n) is 7.81. The molecular weight excluding hydrogens is 436 g/mol. The molecule has 0 spiro atoms. The van der Waals surface area contributed by atoms with E-state index in [0.29, 0.717) is 18.4 Å². The van der Waals surface area contributed by atoms with E-state index in [1.165, 1.54) is 6.07 Å². The van der Waals surface area contributed by atoms with Gasteiger partial charge in [0.15, 0.2) is 17.4 Å². The molecule has 1 fully saturated rings. The highest BCUT2D eigenvalue weighted by Crippen LogP contribution is 2.26. The van der Waals surface area contributed by atoms with Gasteiger partial charge in [0.1, 0.15) is 0 Å². The minimum atomic E-state index is -2.13. The smallest absolute Gasteiger partial charge is 0.231 e. The summed E-state index contributed by atoms with van der Waals surface area (Å²) in [7, 11) is 0. The summed E-state index contributed by atoms with van der Waals surface area (Å²) in [4.78, 5) is 19.8. The lowest BCUT2D eigenvalue weighted by Gasteiger charge is -2.17. The Hall–Kier alpha value is -2.75. The van der Waals surface area contributed by atoms with Crippen LogP contribution in [0.15, 0.2) is 42.6 Å². The highest BCUT2D eigenvalue weighted by molar-refractivity contribution is 7.77. The van der Waals surface area contributed by atoms with E-state index in [0.717, 1.165) is 48.6 Å². The number of carbonyl (C=O) groups is 1. The summed E-state index contributed by atoms with van der Waals surface area (Å²) in [6, 6.07) is 9.30. The SMILES string of the molecule is O=C(c1ccc2ncc(N3CCCC3)cc2c1)c1cc(CCCNS(=O)O)cc(F)c1F. The van der Waals surface area contributed by atoms with Crippen molar-refractivity contribution in [2.45, 2.75) is 25.7 Å². The summed E-state index contributed by atoms with van der Waals surface area (Å²) in [5, 5.41) is 0.764. The van der Waals surface area contributed by atoms with E-state index in [2.05, 4.69) is 14.6 Å². The molecule has 1 aromatic heterocycles. The molecule has 2 heterocycles. The lowest BCUT2D eigenvalue weighted by Crippen LogP contribution is -2.18. The molecule has 3 aromatic rings. The van der Waals surface area contributed by atoms with Crippen LogP contribution < -0.4 is 9.62 Å². The molecule has 1 unspecified atom stereocenters. The van der Waals surface area contributed by atoms with Crippen molar-refractivity contribution in [2.75, 3.05) is 24.5 Å². The van der Waals surface area contributed by atoms with E-state index in [1.807, 2.05) is 12.3 Å². The van der Waals surface area contributed by atoms with Gasteiger partial charge >= 0.3 is 0 Å². The number of nitrogens with zero attached hydrogens (tertiary/aromatic N) is 2. The van der Waals surface area contributed by atoms with Crippen molar-refractivity contribution in [2.24, 2.45) is 0 Å². The van der Waals surface area contributed by atoms with Crippen LogP contribution in [-0.4, -0.2) is 39.2 Å². The normalized spacial score (nSPS) is 14.8. The molecule has 1 atom stereocenters. The maximum atomic E-state index is 14.5. The quantitative estimate of drug-likeness (QED) is 0.302. The largest absolute Gasteiger partial charge is 0.370 e. The van der Waals surface area contributed by atoms with Crippen LogP contribution >= 0.6 is 0 Å². The fourth-order valence-corrected chi connectivity index (χ4v) is 4.29. The zero-order valence-electron chi connectivity index (χ0n) is 17.3. The number of aromatic nitrogens is 1. The molecule has 2 aromatic carbocycles. The van der Waals surface area contributed by atoms with Gasteiger partial charge in [-0.15, -0.1) is 0 Å². The number of aryl methyl sites for hydroxylation is 1. The molecule has 1 saturated heterocycles. The molecule has 1 aliphatic rings. The molecule has 2 N–H and O–H groups in total. The van der Waals surface area contributed by atoms with Crippen LogP contribution in [-0.2, 0) is 17.7 Å². The Bertz CT molecular complexity index is 1180. The van der Waals surface area contributed by atoms with E-state index in [9.17, 15) is 17.8 Å². The third-order valence-corrected chi connectivity index (χ3v) is 6.05. The maximum absolute atomic E-state index is 14.5. The Kier molecular flexibility index (Phi) is 6.88. The number of hydrogen-bond acceptors (Lipinski definition) is 4. The number of pyridine rings is 1. The first-order valence-electron chi connectivity index (χ1n) is 10.4. The Balaban J connectivity index is 1.60. The molecule has 168 valence electrons. The number of fused-ring (bicyclic) bond motifs is 1. The second-order valence-corrected chi connectivity index (χ2v) is 8.60. The number of carbonyl (C=O) groups excluding carboxylic acids is 1. The van der Waals surface area contributed by atoms with E-state index in [1.54, 1.807) is 18.2 Å². The van der Waals surface area contributed by atoms with Crippen LogP contribution in [0.5, 0.6) is 0 Å². The molecule has 4 rings (SSSR count). The third-order valence-electron chi connectivity index (χ3n) is 5.60. The standard InChI is InChI=1S/C23H23F2N3O3S/c24-20-11-15(4-3-7-27-32(30)31)10-19(22(20)25)23(29)16-5-6-21-17(12-16)13-18(14-26-21)28-8-1-2-9-28/h5-6,10-14,27H,1-4,7-9H2,(H,30,31). The van der Waals surface area contributed by atoms with Crippen LogP contribution in [0.2, 0.25) is 0 Å². The molecule has 32 heavy (non-hydrogen) atoms. The van der Waals surface area contributed by atoms with E-state index in [-0.39, 0.29) is 17.7 Å². The monoisotopic (exact) mass is 459 g/mol. The lowest BCUT2D eigenvalue weighted by molar-refractivity contribution is 0.103. The van der Waals surface area contributed by atoms with Crippen molar-refractivity contribution in [1.29, 1.82) is 0 Å². The number of benzene rings is 2. The van der Waals surface area contributed by atoms with E-state index in [4.69, 9.17) is 4.55 Å². The first-order valence-corrected chi connectivity index (χ1v) is 11.5. The van der Waals surface area contributed by atoms with Crippen molar-refractivity contribution in [3.8, 4) is 0 Å². The first-order chi connectivity index (χ1) is 15.4. The number of hydrogen-bond donors (Lipinski definition) is 2. The van der Waals surface area contributed by atoms with E-state index < -0.39 is 28.7 Å². The predicted octanol–water partition coefficient (Wildman–Crippen LogP) is 4.00.